The van der Waals surface area contributed by atoms with Crippen LogP contribution in [0.1, 0.15) is 73.5 Å². The fraction of sp³-hybridized carbons (Fsp3) is 0.500. The fourth-order valence-corrected chi connectivity index (χ4v) is 4.97. The standard InChI is InChI=1S/C20H18ClF3N2O3S.C8H19N/c1-3-4-29-9-11-6-12(20(22,23)24)7-15-16(11)25-19(30-15)26-18(28)14-8-13(21)5-10(2)17(14)27;1-4-6-8-9(3)7-5-2/h5-8,27H,3-4,9H2,1-2H3,(H,25,26,28);4-8H2,1-3H3. The predicted molar refractivity (Wildman–Crippen MR) is 153 cm³/mol. The molecule has 6 nitrogen and oxygen atoms in total. The van der Waals surface area contributed by atoms with E-state index >= 15 is 0 Å². The van der Waals surface area contributed by atoms with E-state index in [4.69, 9.17) is 16.3 Å². The molecule has 11 heteroatoms. The number of nitrogens with one attached hydrogen (secondary N) is 1. The Bertz CT molecular complexity index is 1230. The van der Waals surface area contributed by atoms with Crippen LogP contribution in [0.25, 0.3) is 10.2 Å². The molecule has 0 aliphatic rings. The predicted octanol–water partition coefficient (Wildman–Crippen LogP) is 8.29. The number of phenols is 1. The number of alkyl halides is 3. The molecule has 0 fully saturated rings. The smallest absolute Gasteiger partial charge is 0.416 e. The molecule has 0 bridgehead atoms. The van der Waals surface area contributed by atoms with Crippen LogP contribution in [-0.2, 0) is 17.5 Å². The van der Waals surface area contributed by atoms with Gasteiger partial charge in [-0.15, -0.1) is 0 Å². The van der Waals surface area contributed by atoms with Gasteiger partial charge in [-0.3, -0.25) is 10.1 Å². The first-order valence-electron chi connectivity index (χ1n) is 13.0. The Hall–Kier alpha value is -2.40. The lowest BCUT2D eigenvalue weighted by Gasteiger charge is -2.13. The highest BCUT2D eigenvalue weighted by atomic mass is 35.5. The van der Waals surface area contributed by atoms with E-state index in [0.29, 0.717) is 17.7 Å². The van der Waals surface area contributed by atoms with E-state index in [1.54, 1.807) is 6.92 Å². The Morgan fingerprint density at radius 3 is 2.46 bits per heavy atom. The Morgan fingerprint density at radius 1 is 1.13 bits per heavy atom. The summed E-state index contributed by atoms with van der Waals surface area (Å²) in [6, 6.07) is 4.81. The first kappa shape index (κ1) is 32.8. The van der Waals surface area contributed by atoms with Gasteiger partial charge in [-0.1, -0.05) is 50.1 Å². The van der Waals surface area contributed by atoms with Crippen molar-refractivity contribution in [3.63, 3.8) is 0 Å². The number of hydrogen-bond acceptors (Lipinski definition) is 6. The number of anilines is 1. The summed E-state index contributed by atoms with van der Waals surface area (Å²) in [6.45, 7) is 10.8. The highest BCUT2D eigenvalue weighted by Gasteiger charge is 2.32. The Balaban J connectivity index is 0.000000510. The van der Waals surface area contributed by atoms with Crippen LogP contribution in [0.5, 0.6) is 5.75 Å². The van der Waals surface area contributed by atoms with Gasteiger partial charge in [0.05, 0.1) is 28.0 Å². The number of amides is 1. The molecular formula is C28H37ClF3N3O3S. The summed E-state index contributed by atoms with van der Waals surface area (Å²) in [5, 5.41) is 13.0. The summed E-state index contributed by atoms with van der Waals surface area (Å²) in [4.78, 5) is 19.2. The number of ether oxygens (including phenoxy) is 1. The van der Waals surface area contributed by atoms with Crippen molar-refractivity contribution in [2.45, 2.75) is 66.2 Å². The van der Waals surface area contributed by atoms with Crippen molar-refractivity contribution in [2.24, 2.45) is 0 Å². The summed E-state index contributed by atoms with van der Waals surface area (Å²) in [7, 11) is 2.19. The van der Waals surface area contributed by atoms with Crippen molar-refractivity contribution in [1.82, 2.24) is 9.88 Å². The second kappa shape index (κ2) is 15.4. The summed E-state index contributed by atoms with van der Waals surface area (Å²) in [5.41, 5.74) is 0.163. The van der Waals surface area contributed by atoms with Crippen molar-refractivity contribution in [3.05, 3.63) is 51.5 Å². The van der Waals surface area contributed by atoms with E-state index in [2.05, 4.69) is 36.1 Å². The van der Waals surface area contributed by atoms with E-state index in [9.17, 15) is 23.1 Å². The summed E-state index contributed by atoms with van der Waals surface area (Å²) >= 11 is 6.86. The zero-order chi connectivity index (χ0) is 29.2. The molecule has 0 saturated carbocycles. The number of carbonyl (C=O) groups is 1. The molecule has 2 N–H and O–H groups in total. The summed E-state index contributed by atoms with van der Waals surface area (Å²) < 4.78 is 45.5. The minimum Gasteiger partial charge on any atom is -0.507 e. The number of fused-ring (bicyclic) bond motifs is 1. The molecule has 0 saturated heterocycles. The monoisotopic (exact) mass is 587 g/mol. The third-order valence-corrected chi connectivity index (χ3v) is 6.87. The Morgan fingerprint density at radius 2 is 1.85 bits per heavy atom. The second-order valence-electron chi connectivity index (χ2n) is 9.28. The normalized spacial score (nSPS) is 11.5. The van der Waals surface area contributed by atoms with Crippen LogP contribution in [0.15, 0.2) is 24.3 Å². The van der Waals surface area contributed by atoms with Gasteiger partial charge in [0.2, 0.25) is 0 Å². The van der Waals surface area contributed by atoms with Crippen LogP contribution in [0.3, 0.4) is 0 Å². The van der Waals surface area contributed by atoms with Gasteiger partial charge in [0.1, 0.15) is 5.75 Å². The number of halogens is 4. The van der Waals surface area contributed by atoms with E-state index in [-0.39, 0.29) is 38.3 Å². The molecule has 1 amide bonds. The third-order valence-electron chi connectivity index (χ3n) is 5.74. The van der Waals surface area contributed by atoms with Crippen molar-refractivity contribution in [1.29, 1.82) is 0 Å². The third kappa shape index (κ3) is 9.94. The molecule has 3 aromatic rings. The molecule has 0 aliphatic heterocycles. The molecule has 1 aromatic heterocycles. The van der Waals surface area contributed by atoms with Crippen LogP contribution in [0, 0.1) is 6.92 Å². The van der Waals surface area contributed by atoms with Crippen LogP contribution < -0.4 is 5.32 Å². The molecule has 216 valence electrons. The molecule has 39 heavy (non-hydrogen) atoms. The Kier molecular flexibility index (Phi) is 13.0. The van der Waals surface area contributed by atoms with Gasteiger partial charge in [0.25, 0.3) is 5.91 Å². The maximum atomic E-state index is 13.3. The topological polar surface area (TPSA) is 74.7 Å². The lowest BCUT2D eigenvalue weighted by Crippen LogP contribution is -2.19. The number of nitrogens with zero attached hydrogens (tertiary/aromatic N) is 2. The second-order valence-corrected chi connectivity index (χ2v) is 10.7. The van der Waals surface area contributed by atoms with Crippen LogP contribution >= 0.6 is 22.9 Å². The molecule has 1 heterocycles. The van der Waals surface area contributed by atoms with Gasteiger partial charge in [-0.2, -0.15) is 13.2 Å². The highest BCUT2D eigenvalue weighted by Crippen LogP contribution is 2.37. The largest absolute Gasteiger partial charge is 0.507 e. The number of unbranched alkanes of at least 4 members (excludes halogenated alkanes) is 1. The number of phenolic OH excluding ortho intramolecular Hbond substituents is 1. The molecule has 3 rings (SSSR count). The quantitative estimate of drug-likeness (QED) is 0.221. The fourth-order valence-electron chi connectivity index (χ4n) is 3.75. The average molecular weight is 588 g/mol. The maximum Gasteiger partial charge on any atom is 0.416 e. The first-order valence-corrected chi connectivity index (χ1v) is 14.2. The van der Waals surface area contributed by atoms with Gasteiger partial charge in [0, 0.05) is 17.2 Å². The highest BCUT2D eigenvalue weighted by molar-refractivity contribution is 7.22. The van der Waals surface area contributed by atoms with Crippen molar-refractivity contribution in [2.75, 3.05) is 32.1 Å². The lowest BCUT2D eigenvalue weighted by atomic mass is 10.1. The van der Waals surface area contributed by atoms with E-state index in [1.165, 1.54) is 44.5 Å². The van der Waals surface area contributed by atoms with Crippen molar-refractivity contribution < 1.29 is 27.8 Å². The van der Waals surface area contributed by atoms with Crippen LogP contribution in [0.4, 0.5) is 18.3 Å². The van der Waals surface area contributed by atoms with Crippen molar-refractivity contribution >= 4 is 44.2 Å². The number of carbonyl (C=O) groups excluding carboxylic acids is 1. The van der Waals surface area contributed by atoms with Crippen molar-refractivity contribution in [3.8, 4) is 5.75 Å². The van der Waals surface area contributed by atoms with E-state index < -0.39 is 17.6 Å². The number of aromatic hydroxyl groups is 1. The molecule has 0 spiro atoms. The zero-order valence-electron chi connectivity index (χ0n) is 23.0. The Labute approximate surface area is 237 Å². The summed E-state index contributed by atoms with van der Waals surface area (Å²) in [6.07, 6.45) is 0.138. The first-order chi connectivity index (χ1) is 18.4. The number of aromatic nitrogens is 1. The molecule has 0 unspecified atom stereocenters. The minimum absolute atomic E-state index is 0.0281. The minimum atomic E-state index is -4.52. The number of thiazole rings is 1. The maximum absolute atomic E-state index is 13.3. The number of hydrogen-bond donors (Lipinski definition) is 2. The van der Waals surface area contributed by atoms with Gasteiger partial charge in [-0.25, -0.2) is 4.98 Å². The van der Waals surface area contributed by atoms with Gasteiger partial charge < -0.3 is 14.7 Å². The van der Waals surface area contributed by atoms with Crippen LogP contribution in [0.2, 0.25) is 5.02 Å². The van der Waals surface area contributed by atoms with E-state index in [0.717, 1.165) is 29.9 Å². The molecule has 2 aromatic carbocycles. The number of aryl methyl sites for hydroxylation is 1. The summed E-state index contributed by atoms with van der Waals surface area (Å²) in [5.74, 6) is -0.900. The van der Waals surface area contributed by atoms with E-state index in [1.807, 2.05) is 6.92 Å². The van der Waals surface area contributed by atoms with Gasteiger partial charge >= 0.3 is 6.18 Å². The average Bonchev–Trinajstić information content (AvgIpc) is 3.27. The lowest BCUT2D eigenvalue weighted by molar-refractivity contribution is -0.137. The number of benzene rings is 2. The van der Waals surface area contributed by atoms with Gasteiger partial charge in [-0.05, 0) is 76.2 Å². The SMILES string of the molecule is CCCCN(C)CCC.CCCOCc1cc(C(F)(F)F)cc2sc(NC(=O)c3cc(Cl)cc(C)c3O)nc12. The van der Waals surface area contributed by atoms with Gasteiger partial charge in [0.15, 0.2) is 5.13 Å². The molecule has 0 aliphatic carbocycles. The molecule has 0 radical (unpaired) electrons. The zero-order valence-corrected chi connectivity index (χ0v) is 24.6. The molecular weight excluding hydrogens is 551 g/mol. The van der Waals surface area contributed by atoms with Crippen LogP contribution in [-0.4, -0.2) is 47.6 Å². The molecule has 0 atom stereocenters. The number of rotatable bonds is 11.